The van der Waals surface area contributed by atoms with E-state index >= 15 is 0 Å². The maximum absolute atomic E-state index is 13.5. The lowest BCUT2D eigenvalue weighted by molar-refractivity contribution is -0.132. The van der Waals surface area contributed by atoms with Crippen LogP contribution in [0.5, 0.6) is 5.75 Å². The molecule has 29 heavy (non-hydrogen) atoms. The molecule has 3 aromatic rings. The van der Waals surface area contributed by atoms with Gasteiger partial charge < -0.3 is 14.7 Å². The number of carbonyl (C=O) groups is 1. The highest BCUT2D eigenvalue weighted by atomic mass is 16.5. The van der Waals surface area contributed by atoms with E-state index in [9.17, 15) is 15.2 Å². The molecule has 1 unspecified atom stereocenters. The maximum Gasteiger partial charge on any atom is 0.268 e. The number of methoxy groups -OCH3 is 1. The van der Waals surface area contributed by atoms with Crippen LogP contribution in [0.25, 0.3) is 0 Å². The molecule has 0 bridgehead atoms. The predicted octanol–water partition coefficient (Wildman–Crippen LogP) is 3.66. The van der Waals surface area contributed by atoms with Gasteiger partial charge in [0, 0.05) is 5.56 Å². The largest absolute Gasteiger partial charge is 0.497 e. The van der Waals surface area contributed by atoms with Gasteiger partial charge in [-0.15, -0.1) is 0 Å². The Kier molecular flexibility index (Phi) is 4.57. The molecule has 1 aliphatic heterocycles. The average molecular weight is 384 g/mol. The minimum absolute atomic E-state index is 0.331. The van der Waals surface area contributed by atoms with E-state index in [2.05, 4.69) is 6.07 Å². The lowest BCUT2D eigenvalue weighted by Crippen LogP contribution is -2.41. The second-order valence-corrected chi connectivity index (χ2v) is 7.11. The number of hydrogen-bond acceptors (Lipinski definition) is 4. The second kappa shape index (κ2) is 7.08. The van der Waals surface area contributed by atoms with E-state index < -0.39 is 11.5 Å². The zero-order valence-electron chi connectivity index (χ0n) is 16.2. The van der Waals surface area contributed by atoms with Crippen molar-refractivity contribution in [1.82, 2.24) is 0 Å². The summed E-state index contributed by atoms with van der Waals surface area (Å²) in [4.78, 5) is 15.1. The van der Waals surface area contributed by atoms with Crippen LogP contribution in [0.3, 0.4) is 0 Å². The van der Waals surface area contributed by atoms with E-state index in [0.717, 1.165) is 16.9 Å². The standard InChI is InChI=1S/C24H20N2O3/c1-16-13-19(10-9-18(16)14-25)24(28)21-5-3-4-6-22(21)26(23(24)27)15-17-7-11-20(29-2)12-8-17/h3-13,28H,15H2,1-2H3. The Balaban J connectivity index is 1.78. The van der Waals surface area contributed by atoms with Crippen LogP contribution in [0.1, 0.15) is 27.8 Å². The quantitative estimate of drug-likeness (QED) is 0.745. The van der Waals surface area contributed by atoms with Gasteiger partial charge >= 0.3 is 0 Å². The van der Waals surface area contributed by atoms with Gasteiger partial charge in [-0.05, 0) is 47.9 Å². The van der Waals surface area contributed by atoms with E-state index in [1.807, 2.05) is 42.5 Å². The number of anilines is 1. The van der Waals surface area contributed by atoms with Gasteiger partial charge in [0.1, 0.15) is 5.75 Å². The highest BCUT2D eigenvalue weighted by molar-refractivity contribution is 6.09. The molecule has 1 aliphatic rings. The zero-order chi connectivity index (χ0) is 20.6. The topological polar surface area (TPSA) is 73.6 Å². The van der Waals surface area contributed by atoms with Crippen molar-refractivity contribution in [2.75, 3.05) is 12.0 Å². The van der Waals surface area contributed by atoms with Crippen LogP contribution in [0.2, 0.25) is 0 Å². The number of para-hydroxylation sites is 1. The Labute approximate surface area is 169 Å². The van der Waals surface area contributed by atoms with Gasteiger partial charge in [0.25, 0.3) is 5.91 Å². The molecule has 5 nitrogen and oxygen atoms in total. The van der Waals surface area contributed by atoms with Crippen molar-refractivity contribution in [3.8, 4) is 11.8 Å². The number of rotatable bonds is 4. The summed E-state index contributed by atoms with van der Waals surface area (Å²) in [5, 5.41) is 20.8. The molecule has 1 N–H and O–H groups in total. The number of aryl methyl sites for hydroxylation is 1. The number of hydrogen-bond donors (Lipinski definition) is 1. The third kappa shape index (κ3) is 2.95. The summed E-state index contributed by atoms with van der Waals surface area (Å²) in [6, 6.07) is 21.9. The van der Waals surface area contributed by atoms with Crippen molar-refractivity contribution >= 4 is 11.6 Å². The van der Waals surface area contributed by atoms with Crippen LogP contribution in [-0.4, -0.2) is 18.1 Å². The molecular formula is C24H20N2O3. The number of aliphatic hydroxyl groups is 1. The Morgan fingerprint density at radius 2 is 1.83 bits per heavy atom. The minimum Gasteiger partial charge on any atom is -0.497 e. The van der Waals surface area contributed by atoms with E-state index in [0.29, 0.717) is 28.9 Å². The van der Waals surface area contributed by atoms with Crippen molar-refractivity contribution in [3.63, 3.8) is 0 Å². The summed E-state index contributed by atoms with van der Waals surface area (Å²) in [6.07, 6.45) is 0. The smallest absolute Gasteiger partial charge is 0.268 e. The molecule has 0 aliphatic carbocycles. The van der Waals surface area contributed by atoms with Crippen LogP contribution in [-0.2, 0) is 16.9 Å². The van der Waals surface area contributed by atoms with Gasteiger partial charge in [0.15, 0.2) is 5.60 Å². The molecule has 0 spiro atoms. The van der Waals surface area contributed by atoms with Crippen LogP contribution in [0, 0.1) is 18.3 Å². The van der Waals surface area contributed by atoms with Crippen molar-refractivity contribution in [3.05, 3.63) is 94.5 Å². The van der Waals surface area contributed by atoms with E-state index in [1.54, 1.807) is 43.2 Å². The molecule has 0 saturated heterocycles. The highest BCUT2D eigenvalue weighted by Crippen LogP contribution is 2.45. The van der Waals surface area contributed by atoms with Crippen LogP contribution < -0.4 is 9.64 Å². The van der Waals surface area contributed by atoms with Crippen LogP contribution >= 0.6 is 0 Å². The molecular weight excluding hydrogens is 364 g/mol. The van der Waals surface area contributed by atoms with Gasteiger partial charge in [-0.25, -0.2) is 0 Å². The number of fused-ring (bicyclic) bond motifs is 1. The summed E-state index contributed by atoms with van der Waals surface area (Å²) in [5.74, 6) is 0.338. The van der Waals surface area contributed by atoms with Crippen molar-refractivity contribution in [2.45, 2.75) is 19.1 Å². The molecule has 3 aromatic carbocycles. The van der Waals surface area contributed by atoms with Gasteiger partial charge in [0.05, 0.1) is 31.0 Å². The molecule has 0 radical (unpaired) electrons. The number of nitrogens with zero attached hydrogens (tertiary/aromatic N) is 2. The summed E-state index contributed by atoms with van der Waals surface area (Å²) in [5.41, 5.74) is 2.06. The van der Waals surface area contributed by atoms with Gasteiger partial charge in [-0.2, -0.15) is 5.26 Å². The normalized spacial score (nSPS) is 17.7. The molecule has 1 heterocycles. The SMILES string of the molecule is COc1ccc(CN2C(=O)C(O)(c3ccc(C#N)c(C)c3)c3ccccc32)cc1. The van der Waals surface area contributed by atoms with E-state index in [-0.39, 0.29) is 0 Å². The monoisotopic (exact) mass is 384 g/mol. The first-order valence-corrected chi connectivity index (χ1v) is 9.27. The fourth-order valence-electron chi connectivity index (χ4n) is 3.80. The molecule has 1 amide bonds. The van der Waals surface area contributed by atoms with Crippen molar-refractivity contribution in [2.24, 2.45) is 0 Å². The van der Waals surface area contributed by atoms with Crippen LogP contribution in [0.15, 0.2) is 66.7 Å². The van der Waals surface area contributed by atoms with Gasteiger partial charge in [-0.1, -0.05) is 42.5 Å². The molecule has 144 valence electrons. The Bertz CT molecular complexity index is 1130. The molecule has 1 atom stereocenters. The molecule has 5 heteroatoms. The number of nitriles is 1. The second-order valence-electron chi connectivity index (χ2n) is 7.11. The first-order valence-electron chi connectivity index (χ1n) is 9.27. The fourth-order valence-corrected chi connectivity index (χ4v) is 3.80. The van der Waals surface area contributed by atoms with Crippen molar-refractivity contribution < 1.29 is 14.6 Å². The fraction of sp³-hybridized carbons (Fsp3) is 0.167. The van der Waals surface area contributed by atoms with E-state index in [1.165, 1.54) is 0 Å². The molecule has 0 saturated carbocycles. The number of amides is 1. The Hall–Kier alpha value is -3.62. The number of benzene rings is 3. The summed E-state index contributed by atoms with van der Waals surface area (Å²) >= 11 is 0. The third-order valence-electron chi connectivity index (χ3n) is 5.40. The van der Waals surface area contributed by atoms with Gasteiger partial charge in [-0.3, -0.25) is 4.79 Å². The maximum atomic E-state index is 13.5. The average Bonchev–Trinajstić information content (AvgIpc) is 2.97. The molecule has 4 rings (SSSR count). The third-order valence-corrected chi connectivity index (χ3v) is 5.40. The van der Waals surface area contributed by atoms with Gasteiger partial charge in [0.2, 0.25) is 0 Å². The number of carbonyl (C=O) groups excluding carboxylic acids is 1. The van der Waals surface area contributed by atoms with E-state index in [4.69, 9.17) is 4.74 Å². The van der Waals surface area contributed by atoms with Crippen LogP contribution in [0.4, 0.5) is 5.69 Å². The van der Waals surface area contributed by atoms with Crippen molar-refractivity contribution in [1.29, 1.82) is 5.26 Å². The zero-order valence-corrected chi connectivity index (χ0v) is 16.2. The first-order chi connectivity index (χ1) is 14.0. The molecule has 0 fully saturated rings. The lowest BCUT2D eigenvalue weighted by atomic mass is 9.86. The summed E-state index contributed by atoms with van der Waals surface area (Å²) in [7, 11) is 1.61. The predicted molar refractivity (Wildman–Crippen MR) is 110 cm³/mol. The minimum atomic E-state index is -1.79. The summed E-state index contributed by atoms with van der Waals surface area (Å²) < 4.78 is 5.19. The number of ether oxygens (including phenoxy) is 1. The highest BCUT2D eigenvalue weighted by Gasteiger charge is 2.50. The lowest BCUT2D eigenvalue weighted by Gasteiger charge is -2.24. The Morgan fingerprint density at radius 3 is 2.48 bits per heavy atom. The summed E-state index contributed by atoms with van der Waals surface area (Å²) in [6.45, 7) is 2.13. The first kappa shape index (κ1) is 18.7. The molecule has 0 aromatic heterocycles. The Morgan fingerprint density at radius 1 is 1.10 bits per heavy atom.